The molecule has 1 N–H and O–H groups in total. The smallest absolute Gasteiger partial charge is 0.282 e. The number of aryl methyl sites for hydroxylation is 1. The normalized spacial score (nSPS) is 11.9. The number of rotatable bonds is 2. The molecule has 4 rings (SSSR count). The Balaban J connectivity index is 2.18. The van der Waals surface area contributed by atoms with E-state index in [1.165, 1.54) is 6.07 Å². The summed E-state index contributed by atoms with van der Waals surface area (Å²) in [6.07, 6.45) is 0. The molecular weight excluding hydrogens is 334 g/mol. The molecule has 0 atom stereocenters. The SMILES string of the molecule is Cc1ccc(-c2nc3ccccc3c3ccccc23)c(S(=O)(=O)O)c1. The van der Waals surface area contributed by atoms with E-state index < -0.39 is 10.1 Å². The van der Waals surface area contributed by atoms with Crippen molar-refractivity contribution >= 4 is 31.8 Å². The zero-order valence-corrected chi connectivity index (χ0v) is 14.3. The summed E-state index contributed by atoms with van der Waals surface area (Å²) in [6, 6.07) is 20.5. The van der Waals surface area contributed by atoms with Crippen LogP contribution in [0.4, 0.5) is 0 Å². The molecule has 0 fully saturated rings. The van der Waals surface area contributed by atoms with Gasteiger partial charge in [0.15, 0.2) is 0 Å². The standard InChI is InChI=1S/C20H15NO3S/c1-13-10-11-17(19(12-13)25(22,23)24)20-16-8-3-2-6-14(16)15-7-4-5-9-18(15)21-20/h2-12H,1H3,(H,22,23,24). The molecule has 0 spiro atoms. The van der Waals surface area contributed by atoms with Crippen LogP contribution in [0.3, 0.4) is 0 Å². The van der Waals surface area contributed by atoms with Crippen LogP contribution in [0, 0.1) is 6.92 Å². The van der Waals surface area contributed by atoms with Gasteiger partial charge in [0, 0.05) is 16.3 Å². The van der Waals surface area contributed by atoms with Crippen molar-refractivity contribution in [1.82, 2.24) is 4.98 Å². The van der Waals surface area contributed by atoms with Gasteiger partial charge in [-0.2, -0.15) is 8.42 Å². The summed E-state index contributed by atoms with van der Waals surface area (Å²) < 4.78 is 33.5. The lowest BCUT2D eigenvalue weighted by atomic mass is 9.99. The van der Waals surface area contributed by atoms with Crippen molar-refractivity contribution in [3.05, 3.63) is 72.3 Å². The maximum atomic E-state index is 11.9. The van der Waals surface area contributed by atoms with Crippen molar-refractivity contribution in [3.8, 4) is 11.3 Å². The Labute approximate surface area is 145 Å². The van der Waals surface area contributed by atoms with Gasteiger partial charge in [-0.1, -0.05) is 54.6 Å². The van der Waals surface area contributed by atoms with Gasteiger partial charge in [0.25, 0.3) is 10.1 Å². The molecule has 0 bridgehead atoms. The van der Waals surface area contributed by atoms with Crippen molar-refractivity contribution in [2.75, 3.05) is 0 Å². The van der Waals surface area contributed by atoms with E-state index in [0.29, 0.717) is 11.3 Å². The summed E-state index contributed by atoms with van der Waals surface area (Å²) >= 11 is 0. The highest BCUT2D eigenvalue weighted by Crippen LogP contribution is 2.35. The molecule has 0 aliphatic carbocycles. The number of hydrogen-bond donors (Lipinski definition) is 1. The van der Waals surface area contributed by atoms with E-state index in [2.05, 4.69) is 0 Å². The van der Waals surface area contributed by atoms with E-state index in [1.807, 2.05) is 54.6 Å². The fourth-order valence-electron chi connectivity index (χ4n) is 3.15. The number of benzene rings is 3. The van der Waals surface area contributed by atoms with E-state index in [9.17, 15) is 13.0 Å². The number of fused-ring (bicyclic) bond motifs is 3. The Morgan fingerprint density at radius 1 is 0.840 bits per heavy atom. The first-order chi connectivity index (χ1) is 11.9. The van der Waals surface area contributed by atoms with Crippen LogP contribution in [0.15, 0.2) is 71.6 Å². The summed E-state index contributed by atoms with van der Waals surface area (Å²) in [6.45, 7) is 1.78. The molecule has 1 heterocycles. The van der Waals surface area contributed by atoms with Crippen molar-refractivity contribution in [3.63, 3.8) is 0 Å². The molecule has 4 aromatic rings. The van der Waals surface area contributed by atoms with Gasteiger partial charge < -0.3 is 0 Å². The van der Waals surface area contributed by atoms with E-state index in [0.717, 1.165) is 27.2 Å². The molecule has 0 unspecified atom stereocenters. The summed E-state index contributed by atoms with van der Waals surface area (Å²) in [5.41, 5.74) is 2.47. The molecule has 124 valence electrons. The van der Waals surface area contributed by atoms with Gasteiger partial charge in [0.05, 0.1) is 11.2 Å². The highest BCUT2D eigenvalue weighted by molar-refractivity contribution is 7.86. The van der Waals surface area contributed by atoms with Gasteiger partial charge in [0.2, 0.25) is 0 Å². The third-order valence-corrected chi connectivity index (χ3v) is 5.17. The van der Waals surface area contributed by atoms with Crippen LogP contribution in [0.5, 0.6) is 0 Å². The summed E-state index contributed by atoms with van der Waals surface area (Å²) in [5, 5.41) is 2.84. The van der Waals surface area contributed by atoms with Gasteiger partial charge in [-0.15, -0.1) is 0 Å². The van der Waals surface area contributed by atoms with Crippen LogP contribution in [0.2, 0.25) is 0 Å². The molecule has 0 radical (unpaired) electrons. The van der Waals surface area contributed by atoms with E-state index >= 15 is 0 Å². The summed E-state index contributed by atoms with van der Waals surface area (Å²) in [5.74, 6) is 0. The van der Waals surface area contributed by atoms with Crippen molar-refractivity contribution in [2.45, 2.75) is 11.8 Å². The number of pyridine rings is 1. The van der Waals surface area contributed by atoms with Crippen LogP contribution >= 0.6 is 0 Å². The average molecular weight is 349 g/mol. The first-order valence-electron chi connectivity index (χ1n) is 7.81. The fourth-order valence-corrected chi connectivity index (χ4v) is 3.93. The Morgan fingerprint density at radius 2 is 1.48 bits per heavy atom. The number of hydrogen-bond acceptors (Lipinski definition) is 3. The van der Waals surface area contributed by atoms with Crippen LogP contribution in [-0.4, -0.2) is 18.0 Å². The average Bonchev–Trinajstić information content (AvgIpc) is 2.60. The minimum Gasteiger partial charge on any atom is -0.282 e. The van der Waals surface area contributed by atoms with E-state index in [-0.39, 0.29) is 4.90 Å². The molecule has 4 nitrogen and oxygen atoms in total. The number of aromatic nitrogens is 1. The third-order valence-electron chi connectivity index (χ3n) is 4.28. The largest absolute Gasteiger partial charge is 0.295 e. The van der Waals surface area contributed by atoms with Gasteiger partial charge in [-0.25, -0.2) is 4.98 Å². The highest BCUT2D eigenvalue weighted by atomic mass is 32.2. The van der Waals surface area contributed by atoms with Crippen LogP contribution < -0.4 is 0 Å². The van der Waals surface area contributed by atoms with Crippen LogP contribution in [0.1, 0.15) is 5.56 Å². The zero-order valence-electron chi connectivity index (χ0n) is 13.5. The summed E-state index contributed by atoms with van der Waals surface area (Å²) in [7, 11) is -4.37. The van der Waals surface area contributed by atoms with Crippen molar-refractivity contribution in [1.29, 1.82) is 0 Å². The Morgan fingerprint density at radius 3 is 2.20 bits per heavy atom. The predicted octanol–water partition coefficient (Wildman–Crippen LogP) is 4.61. The zero-order chi connectivity index (χ0) is 17.6. The quantitative estimate of drug-likeness (QED) is 0.424. The predicted molar refractivity (Wildman–Crippen MR) is 99.2 cm³/mol. The molecule has 0 amide bonds. The second kappa shape index (κ2) is 5.65. The Bertz CT molecular complexity index is 1230. The first-order valence-corrected chi connectivity index (χ1v) is 9.25. The molecule has 0 aliphatic rings. The second-order valence-corrected chi connectivity index (χ2v) is 7.39. The first kappa shape index (κ1) is 15.7. The molecule has 5 heteroatoms. The number of para-hydroxylation sites is 1. The van der Waals surface area contributed by atoms with Gasteiger partial charge in [0.1, 0.15) is 4.90 Å². The molecular formula is C20H15NO3S. The minimum absolute atomic E-state index is 0.125. The monoisotopic (exact) mass is 349 g/mol. The third kappa shape index (κ3) is 2.67. The van der Waals surface area contributed by atoms with Gasteiger partial charge >= 0.3 is 0 Å². The van der Waals surface area contributed by atoms with Crippen molar-refractivity contribution in [2.24, 2.45) is 0 Å². The molecule has 3 aromatic carbocycles. The van der Waals surface area contributed by atoms with E-state index in [4.69, 9.17) is 4.98 Å². The molecule has 0 saturated carbocycles. The van der Waals surface area contributed by atoms with Crippen LogP contribution in [-0.2, 0) is 10.1 Å². The van der Waals surface area contributed by atoms with Crippen LogP contribution in [0.25, 0.3) is 32.9 Å². The lowest BCUT2D eigenvalue weighted by molar-refractivity contribution is 0.483. The maximum absolute atomic E-state index is 11.9. The second-order valence-electron chi connectivity index (χ2n) is 6.00. The van der Waals surface area contributed by atoms with Crippen molar-refractivity contribution < 1.29 is 13.0 Å². The number of nitrogens with zero attached hydrogens (tertiary/aromatic N) is 1. The van der Waals surface area contributed by atoms with Gasteiger partial charge in [-0.3, -0.25) is 4.55 Å². The summed E-state index contributed by atoms with van der Waals surface area (Å²) in [4.78, 5) is 4.58. The maximum Gasteiger partial charge on any atom is 0.295 e. The highest BCUT2D eigenvalue weighted by Gasteiger charge is 2.20. The Hall–Kier alpha value is -2.76. The van der Waals surface area contributed by atoms with E-state index in [1.54, 1.807) is 13.0 Å². The Kier molecular flexibility index (Phi) is 3.56. The topological polar surface area (TPSA) is 67.3 Å². The lowest BCUT2D eigenvalue weighted by Crippen LogP contribution is -2.02. The lowest BCUT2D eigenvalue weighted by Gasteiger charge is -2.13. The molecule has 0 aliphatic heterocycles. The molecule has 0 saturated heterocycles. The minimum atomic E-state index is -4.37. The fraction of sp³-hybridized carbons (Fsp3) is 0.0500. The molecule has 1 aromatic heterocycles. The van der Waals surface area contributed by atoms with Gasteiger partial charge in [-0.05, 0) is 30.0 Å². The molecule has 25 heavy (non-hydrogen) atoms.